The van der Waals surface area contributed by atoms with E-state index in [0.29, 0.717) is 17.2 Å². The topological polar surface area (TPSA) is 78.5 Å². The Morgan fingerprint density at radius 3 is 2.50 bits per heavy atom. The van der Waals surface area contributed by atoms with Gasteiger partial charge in [0.15, 0.2) is 0 Å². The van der Waals surface area contributed by atoms with E-state index in [1.807, 2.05) is 24.1 Å². The second-order valence-corrected chi connectivity index (χ2v) is 9.51. The fourth-order valence-electron chi connectivity index (χ4n) is 4.06. The number of rotatable bonds is 10. The van der Waals surface area contributed by atoms with E-state index in [2.05, 4.69) is 10.6 Å². The number of benzene rings is 2. The van der Waals surface area contributed by atoms with Crippen LogP contribution in [0.5, 0.6) is 0 Å². The Balaban J connectivity index is 1.43. The van der Waals surface area contributed by atoms with Gasteiger partial charge in [0.2, 0.25) is 11.8 Å². The molecule has 1 saturated carbocycles. The fourth-order valence-corrected chi connectivity index (χ4v) is 5.04. The van der Waals surface area contributed by atoms with Crippen molar-refractivity contribution in [3.8, 4) is 0 Å². The molecule has 1 aliphatic carbocycles. The molecule has 182 valence electrons. The molecule has 6 nitrogen and oxygen atoms in total. The van der Waals surface area contributed by atoms with E-state index < -0.39 is 0 Å². The number of carbonyl (C=O) groups is 3. The van der Waals surface area contributed by atoms with Crippen molar-refractivity contribution in [2.75, 3.05) is 25.9 Å². The van der Waals surface area contributed by atoms with Gasteiger partial charge in [0.25, 0.3) is 5.91 Å². The van der Waals surface area contributed by atoms with Crippen molar-refractivity contribution in [2.24, 2.45) is 0 Å². The third kappa shape index (κ3) is 7.87. The maximum atomic E-state index is 13.2. The van der Waals surface area contributed by atoms with Crippen molar-refractivity contribution in [2.45, 2.75) is 49.5 Å². The normalized spacial score (nSPS) is 13.8. The summed E-state index contributed by atoms with van der Waals surface area (Å²) in [7, 11) is 1.88. The molecule has 0 aliphatic heterocycles. The Morgan fingerprint density at radius 2 is 1.74 bits per heavy atom. The number of carbonyl (C=O) groups excluding carboxylic acids is 3. The van der Waals surface area contributed by atoms with Crippen molar-refractivity contribution >= 4 is 29.5 Å². The summed E-state index contributed by atoms with van der Waals surface area (Å²) in [5.74, 6) is -0.510. The molecule has 0 radical (unpaired) electrons. The number of nitrogens with one attached hydrogen (secondary N) is 2. The minimum atomic E-state index is -0.378. The molecule has 0 unspecified atom stereocenters. The molecule has 2 N–H and O–H groups in total. The summed E-state index contributed by atoms with van der Waals surface area (Å²) < 4.78 is 13.2. The molecular weight excluding hydrogens is 453 g/mol. The lowest BCUT2D eigenvalue weighted by molar-refractivity contribution is -0.129. The quantitative estimate of drug-likeness (QED) is 0.396. The van der Waals surface area contributed by atoms with E-state index in [1.165, 1.54) is 43.2 Å². The standard InChI is InChI=1S/C26H32FN3O3S/c1-30(21-10-3-2-4-11-21)25(32)18-34-23-13-6-5-12-22(23)26(33)29-15-14-28-24(31)17-19-8-7-9-20(27)16-19/h5-9,12-13,16,21H,2-4,10-11,14-15,17-18H2,1H3,(H,28,31)(H,29,33). The zero-order chi connectivity index (χ0) is 24.3. The van der Waals surface area contributed by atoms with Crippen LogP contribution in [0.15, 0.2) is 53.4 Å². The summed E-state index contributed by atoms with van der Waals surface area (Å²) >= 11 is 1.37. The van der Waals surface area contributed by atoms with Gasteiger partial charge in [-0.05, 0) is 42.7 Å². The monoisotopic (exact) mass is 485 g/mol. The Morgan fingerprint density at radius 1 is 1.00 bits per heavy atom. The Hall–Kier alpha value is -2.87. The van der Waals surface area contributed by atoms with Crippen molar-refractivity contribution < 1.29 is 18.8 Å². The summed E-state index contributed by atoms with van der Waals surface area (Å²) in [6, 6.07) is 13.4. The van der Waals surface area contributed by atoms with Crippen LogP contribution < -0.4 is 10.6 Å². The van der Waals surface area contributed by atoms with Crippen LogP contribution in [0.3, 0.4) is 0 Å². The molecule has 0 heterocycles. The first-order valence-corrected chi connectivity index (χ1v) is 12.7. The van der Waals surface area contributed by atoms with Gasteiger partial charge in [-0.1, -0.05) is 43.5 Å². The third-order valence-corrected chi connectivity index (χ3v) is 7.04. The minimum absolute atomic E-state index is 0.0770. The van der Waals surface area contributed by atoms with Crippen LogP contribution in [0.25, 0.3) is 0 Å². The Bertz CT molecular complexity index is 995. The molecule has 34 heavy (non-hydrogen) atoms. The van der Waals surface area contributed by atoms with Gasteiger partial charge < -0.3 is 15.5 Å². The zero-order valence-corrected chi connectivity index (χ0v) is 20.3. The first-order chi connectivity index (χ1) is 16.4. The minimum Gasteiger partial charge on any atom is -0.354 e. The highest BCUT2D eigenvalue weighted by Crippen LogP contribution is 2.25. The van der Waals surface area contributed by atoms with Crippen LogP contribution in [-0.2, 0) is 16.0 Å². The molecule has 1 fully saturated rings. The SMILES string of the molecule is CN(C(=O)CSc1ccccc1C(=O)NCCNC(=O)Cc1cccc(F)c1)C1CCCCC1. The lowest BCUT2D eigenvalue weighted by Gasteiger charge is -2.31. The second-order valence-electron chi connectivity index (χ2n) is 8.49. The number of halogens is 1. The number of hydrogen-bond donors (Lipinski definition) is 2. The van der Waals surface area contributed by atoms with E-state index >= 15 is 0 Å². The van der Waals surface area contributed by atoms with E-state index in [4.69, 9.17) is 0 Å². The van der Waals surface area contributed by atoms with E-state index in [-0.39, 0.29) is 48.8 Å². The summed E-state index contributed by atoms with van der Waals surface area (Å²) in [6.07, 6.45) is 5.78. The summed E-state index contributed by atoms with van der Waals surface area (Å²) in [4.78, 5) is 40.0. The highest BCUT2D eigenvalue weighted by molar-refractivity contribution is 8.00. The number of hydrogen-bond acceptors (Lipinski definition) is 4. The van der Waals surface area contributed by atoms with Gasteiger partial charge in [0, 0.05) is 31.1 Å². The maximum absolute atomic E-state index is 13.2. The summed E-state index contributed by atoms with van der Waals surface area (Å²) in [5, 5.41) is 5.53. The molecule has 0 atom stereocenters. The van der Waals surface area contributed by atoms with Crippen molar-refractivity contribution in [1.29, 1.82) is 0 Å². The van der Waals surface area contributed by atoms with Gasteiger partial charge in [-0.2, -0.15) is 0 Å². The molecule has 8 heteroatoms. The van der Waals surface area contributed by atoms with E-state index in [1.54, 1.807) is 24.3 Å². The molecule has 2 aromatic rings. The lowest BCUT2D eigenvalue weighted by Crippen LogP contribution is -2.39. The number of amides is 3. The van der Waals surface area contributed by atoms with Gasteiger partial charge in [0.1, 0.15) is 5.82 Å². The highest BCUT2D eigenvalue weighted by atomic mass is 32.2. The summed E-state index contributed by atoms with van der Waals surface area (Å²) in [6.45, 7) is 0.524. The Kier molecular flexibility index (Phi) is 9.94. The van der Waals surface area contributed by atoms with Crippen LogP contribution in [-0.4, -0.2) is 54.6 Å². The molecular formula is C26H32FN3O3S. The maximum Gasteiger partial charge on any atom is 0.252 e. The van der Waals surface area contributed by atoms with Crippen LogP contribution in [0.4, 0.5) is 4.39 Å². The van der Waals surface area contributed by atoms with Gasteiger partial charge in [-0.15, -0.1) is 11.8 Å². The van der Waals surface area contributed by atoms with E-state index in [0.717, 1.165) is 17.7 Å². The van der Waals surface area contributed by atoms with Gasteiger partial charge in [-0.25, -0.2) is 4.39 Å². The number of thioether (sulfide) groups is 1. The van der Waals surface area contributed by atoms with Crippen molar-refractivity contribution in [3.63, 3.8) is 0 Å². The first kappa shape index (κ1) is 25.7. The molecule has 2 aromatic carbocycles. The number of nitrogens with zero attached hydrogens (tertiary/aromatic N) is 1. The average Bonchev–Trinajstić information content (AvgIpc) is 2.85. The van der Waals surface area contributed by atoms with Crippen LogP contribution in [0.2, 0.25) is 0 Å². The van der Waals surface area contributed by atoms with Crippen LogP contribution >= 0.6 is 11.8 Å². The lowest BCUT2D eigenvalue weighted by atomic mass is 9.94. The fraction of sp³-hybridized carbons (Fsp3) is 0.423. The predicted octanol–water partition coefficient (Wildman–Crippen LogP) is 3.80. The first-order valence-electron chi connectivity index (χ1n) is 11.7. The average molecular weight is 486 g/mol. The van der Waals surface area contributed by atoms with Crippen molar-refractivity contribution in [1.82, 2.24) is 15.5 Å². The highest BCUT2D eigenvalue weighted by Gasteiger charge is 2.22. The molecule has 0 spiro atoms. The predicted molar refractivity (Wildman–Crippen MR) is 132 cm³/mol. The largest absolute Gasteiger partial charge is 0.354 e. The van der Waals surface area contributed by atoms with Gasteiger partial charge >= 0.3 is 0 Å². The summed E-state index contributed by atoms with van der Waals surface area (Å²) in [5.41, 5.74) is 1.10. The van der Waals surface area contributed by atoms with Crippen LogP contribution in [0.1, 0.15) is 48.0 Å². The molecule has 3 rings (SSSR count). The van der Waals surface area contributed by atoms with Crippen molar-refractivity contribution in [3.05, 3.63) is 65.5 Å². The van der Waals surface area contributed by atoms with Gasteiger partial charge in [0.05, 0.1) is 17.7 Å². The third-order valence-electron chi connectivity index (χ3n) is 5.99. The zero-order valence-electron chi connectivity index (χ0n) is 19.5. The second kappa shape index (κ2) is 13.1. The molecule has 0 bridgehead atoms. The molecule has 0 saturated heterocycles. The molecule has 1 aliphatic rings. The molecule has 0 aromatic heterocycles. The Labute approximate surface area is 204 Å². The van der Waals surface area contributed by atoms with E-state index in [9.17, 15) is 18.8 Å². The van der Waals surface area contributed by atoms with Crippen LogP contribution in [0, 0.1) is 5.82 Å². The molecule has 3 amide bonds. The van der Waals surface area contributed by atoms with Gasteiger partial charge in [-0.3, -0.25) is 14.4 Å². The smallest absolute Gasteiger partial charge is 0.252 e.